The van der Waals surface area contributed by atoms with Crippen LogP contribution in [0.5, 0.6) is 0 Å². The topological polar surface area (TPSA) is 49.8 Å². The average molecular weight is 197 g/mol. The van der Waals surface area contributed by atoms with Crippen LogP contribution in [0, 0.1) is 17.1 Å². The first kappa shape index (κ1) is 9.56. The van der Waals surface area contributed by atoms with Crippen molar-refractivity contribution in [1.29, 1.82) is 5.26 Å². The maximum atomic E-state index is 12.9. The third-order valence-electron chi connectivity index (χ3n) is 1.47. The van der Waals surface area contributed by atoms with E-state index in [0.29, 0.717) is 5.56 Å². The molecule has 1 aromatic rings. The van der Waals surface area contributed by atoms with Gasteiger partial charge in [0, 0.05) is 17.3 Å². The molecule has 1 aromatic carbocycles. The van der Waals surface area contributed by atoms with Crippen LogP contribution >= 0.6 is 11.6 Å². The molecule has 0 unspecified atom stereocenters. The fraction of sp³-hybridized carbons (Fsp3) is 0. The molecule has 13 heavy (non-hydrogen) atoms. The van der Waals surface area contributed by atoms with E-state index < -0.39 is 5.82 Å². The van der Waals surface area contributed by atoms with Crippen molar-refractivity contribution in [2.24, 2.45) is 5.73 Å². The molecule has 1 rings (SSSR count). The van der Waals surface area contributed by atoms with Crippen LogP contribution < -0.4 is 5.73 Å². The van der Waals surface area contributed by atoms with E-state index in [4.69, 9.17) is 22.6 Å². The van der Waals surface area contributed by atoms with Crippen molar-refractivity contribution in [3.05, 3.63) is 40.7 Å². The van der Waals surface area contributed by atoms with E-state index in [0.717, 1.165) is 6.08 Å². The summed E-state index contributed by atoms with van der Waals surface area (Å²) in [5, 5.41) is 8.33. The molecule has 2 nitrogen and oxygen atoms in total. The molecule has 0 aliphatic carbocycles. The minimum Gasteiger partial charge on any atom is -0.398 e. The zero-order valence-electron chi connectivity index (χ0n) is 6.59. The Morgan fingerprint density at radius 2 is 2.31 bits per heavy atom. The van der Waals surface area contributed by atoms with Gasteiger partial charge < -0.3 is 5.73 Å². The monoisotopic (exact) mass is 196 g/mol. The van der Waals surface area contributed by atoms with E-state index in [-0.39, 0.29) is 10.7 Å². The predicted octanol–water partition coefficient (Wildman–Crippen LogP) is 2.30. The van der Waals surface area contributed by atoms with E-state index in [1.807, 2.05) is 0 Å². The van der Waals surface area contributed by atoms with Crippen LogP contribution in [-0.2, 0) is 0 Å². The van der Waals surface area contributed by atoms with Gasteiger partial charge in [-0.15, -0.1) is 0 Å². The van der Waals surface area contributed by atoms with Crippen LogP contribution in [0.15, 0.2) is 24.3 Å². The van der Waals surface area contributed by atoms with Gasteiger partial charge in [0.2, 0.25) is 0 Å². The molecule has 0 bridgehead atoms. The van der Waals surface area contributed by atoms with Crippen LogP contribution in [0.25, 0.3) is 5.70 Å². The van der Waals surface area contributed by atoms with Crippen molar-refractivity contribution in [2.75, 3.05) is 0 Å². The summed E-state index contributed by atoms with van der Waals surface area (Å²) < 4.78 is 12.9. The first-order valence-electron chi connectivity index (χ1n) is 3.46. The fourth-order valence-electron chi connectivity index (χ4n) is 0.829. The number of nitriles is 1. The number of nitrogens with zero attached hydrogens (tertiary/aromatic N) is 1. The van der Waals surface area contributed by atoms with Crippen LogP contribution in [0.3, 0.4) is 0 Å². The summed E-state index contributed by atoms with van der Waals surface area (Å²) in [5.41, 5.74) is 6.12. The quantitative estimate of drug-likeness (QED) is 0.701. The highest BCUT2D eigenvalue weighted by molar-refractivity contribution is 6.30. The van der Waals surface area contributed by atoms with Gasteiger partial charge in [-0.2, -0.15) is 5.26 Å². The summed E-state index contributed by atoms with van der Waals surface area (Å²) in [5.74, 6) is -0.548. The summed E-state index contributed by atoms with van der Waals surface area (Å²) in [6.07, 6.45) is 1.14. The molecule has 0 radical (unpaired) electrons. The third kappa shape index (κ3) is 2.20. The third-order valence-corrected chi connectivity index (χ3v) is 1.78. The molecule has 2 N–H and O–H groups in total. The minimum absolute atomic E-state index is 0.0357. The summed E-state index contributed by atoms with van der Waals surface area (Å²) in [6, 6.07) is 5.89. The Kier molecular flexibility index (Phi) is 2.88. The SMILES string of the molecule is N#C/C=C(\N)c1ccc(Cl)c(F)c1. The van der Waals surface area contributed by atoms with Gasteiger partial charge in [-0.3, -0.25) is 0 Å². The lowest BCUT2D eigenvalue weighted by atomic mass is 10.1. The van der Waals surface area contributed by atoms with Crippen molar-refractivity contribution >= 4 is 17.3 Å². The molecule has 0 aromatic heterocycles. The molecule has 4 heteroatoms. The first-order chi connectivity index (χ1) is 6.15. The normalized spacial score (nSPS) is 11.0. The molecule has 0 saturated carbocycles. The van der Waals surface area contributed by atoms with Crippen LogP contribution in [0.2, 0.25) is 5.02 Å². The highest BCUT2D eigenvalue weighted by Crippen LogP contribution is 2.18. The summed E-state index contributed by atoms with van der Waals surface area (Å²) in [7, 11) is 0. The Hall–Kier alpha value is -1.53. The number of allylic oxidation sites excluding steroid dienone is 1. The van der Waals surface area contributed by atoms with Gasteiger partial charge in [0.15, 0.2) is 0 Å². The standard InChI is InChI=1S/C9H6ClFN2/c10-7-2-1-6(5-8(7)11)9(13)3-4-12/h1-3,5H,13H2/b9-3-. The van der Waals surface area contributed by atoms with Crippen molar-refractivity contribution < 1.29 is 4.39 Å². The average Bonchev–Trinajstić information content (AvgIpc) is 2.10. The lowest BCUT2D eigenvalue weighted by molar-refractivity contribution is 0.628. The van der Waals surface area contributed by atoms with E-state index in [1.54, 1.807) is 12.1 Å². The van der Waals surface area contributed by atoms with E-state index >= 15 is 0 Å². The van der Waals surface area contributed by atoms with Crippen LogP contribution in [-0.4, -0.2) is 0 Å². The molecule has 0 fully saturated rings. The maximum Gasteiger partial charge on any atom is 0.142 e. The Morgan fingerprint density at radius 1 is 1.62 bits per heavy atom. The van der Waals surface area contributed by atoms with Crippen molar-refractivity contribution in [3.63, 3.8) is 0 Å². The predicted molar refractivity (Wildman–Crippen MR) is 49.2 cm³/mol. The number of rotatable bonds is 1. The van der Waals surface area contributed by atoms with Crippen molar-refractivity contribution in [1.82, 2.24) is 0 Å². The molecule has 0 saturated heterocycles. The van der Waals surface area contributed by atoms with Gasteiger partial charge >= 0.3 is 0 Å². The van der Waals surface area contributed by atoms with E-state index in [9.17, 15) is 4.39 Å². The molecule has 0 amide bonds. The second kappa shape index (κ2) is 3.92. The fourth-order valence-corrected chi connectivity index (χ4v) is 0.946. The van der Waals surface area contributed by atoms with Crippen molar-refractivity contribution in [3.8, 4) is 6.07 Å². The van der Waals surface area contributed by atoms with Gasteiger partial charge in [-0.1, -0.05) is 17.7 Å². The zero-order chi connectivity index (χ0) is 9.84. The Morgan fingerprint density at radius 3 is 2.85 bits per heavy atom. The molecule has 66 valence electrons. The number of halogens is 2. The molecular weight excluding hydrogens is 191 g/mol. The van der Waals surface area contributed by atoms with E-state index in [1.165, 1.54) is 12.1 Å². The summed E-state index contributed by atoms with van der Waals surface area (Å²) >= 11 is 5.46. The van der Waals surface area contributed by atoms with Gasteiger partial charge in [-0.05, 0) is 12.1 Å². The molecule has 0 heterocycles. The summed E-state index contributed by atoms with van der Waals surface area (Å²) in [4.78, 5) is 0. The van der Waals surface area contributed by atoms with Gasteiger partial charge in [0.25, 0.3) is 0 Å². The lowest BCUT2D eigenvalue weighted by Gasteiger charge is -2.00. The highest BCUT2D eigenvalue weighted by Gasteiger charge is 2.02. The maximum absolute atomic E-state index is 12.9. The number of hydrogen-bond acceptors (Lipinski definition) is 2. The Labute approximate surface area is 80.0 Å². The van der Waals surface area contributed by atoms with Crippen LogP contribution in [0.1, 0.15) is 5.56 Å². The number of hydrogen-bond donors (Lipinski definition) is 1. The second-order valence-electron chi connectivity index (χ2n) is 2.36. The Balaban J connectivity index is 3.13. The minimum atomic E-state index is -0.548. The first-order valence-corrected chi connectivity index (χ1v) is 3.83. The smallest absolute Gasteiger partial charge is 0.142 e. The second-order valence-corrected chi connectivity index (χ2v) is 2.76. The number of benzene rings is 1. The molecular formula is C9H6ClFN2. The van der Waals surface area contributed by atoms with E-state index in [2.05, 4.69) is 0 Å². The van der Waals surface area contributed by atoms with Gasteiger partial charge in [-0.25, -0.2) is 4.39 Å². The highest BCUT2D eigenvalue weighted by atomic mass is 35.5. The van der Waals surface area contributed by atoms with Crippen LogP contribution in [0.4, 0.5) is 4.39 Å². The largest absolute Gasteiger partial charge is 0.398 e. The molecule has 0 atom stereocenters. The molecule has 0 spiro atoms. The molecule has 0 aliphatic rings. The van der Waals surface area contributed by atoms with Gasteiger partial charge in [0.05, 0.1) is 11.1 Å². The lowest BCUT2D eigenvalue weighted by Crippen LogP contribution is -1.96. The summed E-state index contributed by atoms with van der Waals surface area (Å²) in [6.45, 7) is 0. The molecule has 0 aliphatic heterocycles. The zero-order valence-corrected chi connectivity index (χ0v) is 7.35. The van der Waals surface area contributed by atoms with Crippen molar-refractivity contribution in [2.45, 2.75) is 0 Å². The van der Waals surface area contributed by atoms with Gasteiger partial charge in [0.1, 0.15) is 5.82 Å². The number of nitrogens with two attached hydrogens (primary N) is 1. The Bertz CT molecular complexity index is 393.